The molecule has 0 spiro atoms. The molecule has 1 heterocycles. The van der Waals surface area contributed by atoms with Crippen LogP contribution in [-0.2, 0) is 4.79 Å². The summed E-state index contributed by atoms with van der Waals surface area (Å²) in [6.07, 6.45) is 1.65. The van der Waals surface area contributed by atoms with Crippen molar-refractivity contribution < 1.29 is 9.90 Å². The Morgan fingerprint density at radius 1 is 1.22 bits per heavy atom. The van der Waals surface area contributed by atoms with Crippen LogP contribution >= 0.6 is 27.7 Å². The number of hydrogen-bond acceptors (Lipinski definition) is 3. The maximum absolute atomic E-state index is 11.4. The quantitative estimate of drug-likeness (QED) is 0.870. The number of hydrogen-bond donors (Lipinski definition) is 1. The first-order chi connectivity index (χ1) is 8.68. The first-order valence-electron chi connectivity index (χ1n) is 5.23. The number of rotatable bonds is 4. The van der Waals surface area contributed by atoms with Gasteiger partial charge >= 0.3 is 5.97 Å². The van der Waals surface area contributed by atoms with Gasteiger partial charge in [-0.2, -0.15) is 0 Å². The summed E-state index contributed by atoms with van der Waals surface area (Å²) in [5, 5.41) is 9.33. The zero-order chi connectivity index (χ0) is 13.0. The predicted molar refractivity (Wildman–Crippen MR) is 74.6 cm³/mol. The molecule has 0 aliphatic rings. The van der Waals surface area contributed by atoms with Crippen LogP contribution in [0.25, 0.3) is 0 Å². The summed E-state index contributed by atoms with van der Waals surface area (Å²) >= 11 is 4.59. The van der Waals surface area contributed by atoms with Crippen molar-refractivity contribution in [2.45, 2.75) is 10.3 Å². The molecule has 5 heteroatoms. The van der Waals surface area contributed by atoms with Crippen molar-refractivity contribution in [2.75, 3.05) is 0 Å². The highest BCUT2D eigenvalue weighted by Gasteiger charge is 2.22. The summed E-state index contributed by atoms with van der Waals surface area (Å²) in [5.74, 6) is -0.872. The van der Waals surface area contributed by atoms with Crippen molar-refractivity contribution >= 4 is 33.7 Å². The van der Waals surface area contributed by atoms with E-state index < -0.39 is 11.2 Å². The number of carbonyl (C=O) groups is 1. The number of halogens is 1. The summed E-state index contributed by atoms with van der Waals surface area (Å²) in [6, 6.07) is 12.8. The number of benzene rings is 1. The van der Waals surface area contributed by atoms with E-state index in [0.29, 0.717) is 5.03 Å². The average molecular weight is 324 g/mol. The van der Waals surface area contributed by atoms with Crippen molar-refractivity contribution in [3.05, 3.63) is 58.7 Å². The van der Waals surface area contributed by atoms with Gasteiger partial charge in [0.25, 0.3) is 0 Å². The highest BCUT2D eigenvalue weighted by Crippen LogP contribution is 2.37. The zero-order valence-corrected chi connectivity index (χ0v) is 11.7. The van der Waals surface area contributed by atoms with E-state index in [9.17, 15) is 9.90 Å². The molecule has 3 nitrogen and oxygen atoms in total. The average Bonchev–Trinajstić information content (AvgIpc) is 2.38. The van der Waals surface area contributed by atoms with Gasteiger partial charge in [0.1, 0.15) is 10.3 Å². The Morgan fingerprint density at radius 2 is 1.94 bits per heavy atom. The molecular weight excluding hydrogens is 314 g/mol. The molecule has 1 N–H and O–H groups in total. The minimum atomic E-state index is -0.872. The third-order valence-corrected chi connectivity index (χ3v) is 4.44. The van der Waals surface area contributed by atoms with Gasteiger partial charge in [0.15, 0.2) is 0 Å². The molecular formula is C13H10BrNO2S. The van der Waals surface area contributed by atoms with Gasteiger partial charge in [0.2, 0.25) is 0 Å². The molecule has 0 saturated carbocycles. The second-order valence-corrected chi connectivity index (χ2v) is 5.49. The molecule has 0 aliphatic heterocycles. The normalized spacial score (nSPS) is 12.1. The van der Waals surface area contributed by atoms with Crippen molar-refractivity contribution in [2.24, 2.45) is 0 Å². The highest BCUT2D eigenvalue weighted by molar-refractivity contribution is 9.10. The summed E-state index contributed by atoms with van der Waals surface area (Å²) in [5.41, 5.74) is 0.757. The van der Waals surface area contributed by atoms with Crippen molar-refractivity contribution in [1.82, 2.24) is 4.98 Å². The minimum absolute atomic E-state index is 0.655. The lowest BCUT2D eigenvalue weighted by Crippen LogP contribution is -2.08. The van der Waals surface area contributed by atoms with Crippen LogP contribution in [0.1, 0.15) is 10.8 Å². The van der Waals surface area contributed by atoms with Gasteiger partial charge in [-0.3, -0.25) is 4.79 Å². The Bertz CT molecular complexity index is 548. The minimum Gasteiger partial charge on any atom is -0.480 e. The third kappa shape index (κ3) is 3.11. The molecule has 2 aromatic rings. The van der Waals surface area contributed by atoms with Crippen LogP contribution in [0.2, 0.25) is 0 Å². The number of aliphatic carboxylic acids is 1. The van der Waals surface area contributed by atoms with Crippen molar-refractivity contribution in [1.29, 1.82) is 0 Å². The summed E-state index contributed by atoms with van der Waals surface area (Å²) in [7, 11) is 0. The second-order valence-electron chi connectivity index (χ2n) is 3.54. The largest absolute Gasteiger partial charge is 0.480 e. The lowest BCUT2D eigenvalue weighted by molar-refractivity contribution is -0.136. The molecule has 0 bridgehead atoms. The van der Waals surface area contributed by atoms with E-state index in [1.165, 1.54) is 11.8 Å². The molecule has 2 rings (SSSR count). The topological polar surface area (TPSA) is 50.2 Å². The Kier molecular flexibility index (Phi) is 4.38. The van der Waals surface area contributed by atoms with Crippen LogP contribution in [0.15, 0.2) is 58.2 Å². The zero-order valence-electron chi connectivity index (χ0n) is 9.29. The van der Waals surface area contributed by atoms with Crippen molar-refractivity contribution in [3.63, 3.8) is 0 Å². The lowest BCUT2D eigenvalue weighted by Gasteiger charge is -2.12. The number of thioether (sulfide) groups is 1. The Labute approximate surface area is 117 Å². The van der Waals surface area contributed by atoms with E-state index in [4.69, 9.17) is 0 Å². The van der Waals surface area contributed by atoms with Gasteiger partial charge in [-0.15, -0.1) is 0 Å². The van der Waals surface area contributed by atoms with Gasteiger partial charge < -0.3 is 5.11 Å². The molecule has 1 unspecified atom stereocenters. The number of aromatic nitrogens is 1. The fourth-order valence-electron chi connectivity index (χ4n) is 1.46. The van der Waals surface area contributed by atoms with E-state index in [-0.39, 0.29) is 0 Å². The fraction of sp³-hybridized carbons (Fsp3) is 0.0769. The van der Waals surface area contributed by atoms with Gasteiger partial charge in [0, 0.05) is 10.7 Å². The summed E-state index contributed by atoms with van der Waals surface area (Å²) in [4.78, 5) is 15.5. The molecule has 1 atom stereocenters. The monoisotopic (exact) mass is 323 g/mol. The number of carboxylic acid groups (broad SMARTS) is 1. The van der Waals surface area contributed by atoms with Crippen LogP contribution in [0.3, 0.4) is 0 Å². The Balaban J connectivity index is 2.28. The number of nitrogens with zero attached hydrogens (tertiary/aromatic N) is 1. The smallest absolute Gasteiger partial charge is 0.321 e. The maximum atomic E-state index is 11.4. The van der Waals surface area contributed by atoms with E-state index in [0.717, 1.165) is 10.0 Å². The molecule has 0 fully saturated rings. The standard InChI is InChI=1S/C13H10BrNO2S/c14-10-7-4-8-15-12(10)18-11(13(16)17)9-5-2-1-3-6-9/h1-8,11H,(H,16,17). The Hall–Kier alpha value is -1.33. The third-order valence-electron chi connectivity index (χ3n) is 2.28. The molecule has 0 saturated heterocycles. The van der Waals surface area contributed by atoms with Crippen molar-refractivity contribution in [3.8, 4) is 0 Å². The van der Waals surface area contributed by atoms with E-state index in [1.54, 1.807) is 12.3 Å². The fourth-order valence-corrected chi connectivity index (χ4v) is 2.91. The van der Waals surface area contributed by atoms with Gasteiger partial charge in [-0.1, -0.05) is 42.1 Å². The van der Waals surface area contributed by atoms with Gasteiger partial charge in [-0.05, 0) is 33.6 Å². The van der Waals surface area contributed by atoms with Crippen LogP contribution in [0.5, 0.6) is 0 Å². The van der Waals surface area contributed by atoms with E-state index in [1.807, 2.05) is 36.4 Å². The molecule has 1 aromatic heterocycles. The highest BCUT2D eigenvalue weighted by atomic mass is 79.9. The molecule has 92 valence electrons. The lowest BCUT2D eigenvalue weighted by atomic mass is 10.1. The van der Waals surface area contributed by atoms with Crippen LogP contribution in [0, 0.1) is 0 Å². The summed E-state index contributed by atoms with van der Waals surface area (Å²) < 4.78 is 0.803. The number of carboxylic acids is 1. The predicted octanol–water partition coefficient (Wildman–Crippen LogP) is 3.76. The van der Waals surface area contributed by atoms with E-state index in [2.05, 4.69) is 20.9 Å². The SMILES string of the molecule is O=C(O)C(Sc1ncccc1Br)c1ccccc1. The number of pyridine rings is 1. The molecule has 0 amide bonds. The summed E-state index contributed by atoms with van der Waals surface area (Å²) in [6.45, 7) is 0. The van der Waals surface area contributed by atoms with Crippen LogP contribution in [0.4, 0.5) is 0 Å². The molecule has 1 aromatic carbocycles. The Morgan fingerprint density at radius 3 is 2.56 bits per heavy atom. The van der Waals surface area contributed by atoms with Crippen LogP contribution in [-0.4, -0.2) is 16.1 Å². The molecule has 18 heavy (non-hydrogen) atoms. The first-order valence-corrected chi connectivity index (χ1v) is 6.90. The van der Waals surface area contributed by atoms with Crippen LogP contribution < -0.4 is 0 Å². The van der Waals surface area contributed by atoms with Gasteiger partial charge in [-0.25, -0.2) is 4.98 Å². The van der Waals surface area contributed by atoms with Gasteiger partial charge in [0.05, 0.1) is 0 Å². The second kappa shape index (κ2) is 6.02. The molecule has 0 radical (unpaired) electrons. The molecule has 0 aliphatic carbocycles. The maximum Gasteiger partial charge on any atom is 0.321 e. The van der Waals surface area contributed by atoms with E-state index >= 15 is 0 Å². The first kappa shape index (κ1) is 13.1.